The summed E-state index contributed by atoms with van der Waals surface area (Å²) in [5.41, 5.74) is -0.0669. The Morgan fingerprint density at radius 1 is 1.38 bits per heavy atom. The number of nitrogens with zero attached hydrogens (tertiary/aromatic N) is 4. The second-order valence-electron chi connectivity index (χ2n) is 3.73. The molecule has 112 valence electrons. The molecule has 2 rings (SSSR count). The first-order valence-corrected chi connectivity index (χ1v) is 5.38. The molecule has 0 aliphatic heterocycles. The standard InChI is InChI=1S/C10H7F4N5O2/c11-7-2-1-6(19-5-15-17-18-19)3-8(7)16-9(20)21-4-10(12,13)14/h1-3,5H,4H2,(H,16,20). The quantitative estimate of drug-likeness (QED) is 0.876. The van der Waals surface area contributed by atoms with Gasteiger partial charge in [0.2, 0.25) is 0 Å². The molecule has 21 heavy (non-hydrogen) atoms. The van der Waals surface area contributed by atoms with Gasteiger partial charge >= 0.3 is 12.3 Å². The van der Waals surface area contributed by atoms with Crippen molar-refractivity contribution < 1.29 is 27.1 Å². The van der Waals surface area contributed by atoms with E-state index in [9.17, 15) is 22.4 Å². The van der Waals surface area contributed by atoms with Gasteiger partial charge in [-0.05, 0) is 28.6 Å². The third kappa shape index (κ3) is 4.12. The Morgan fingerprint density at radius 2 is 2.14 bits per heavy atom. The van der Waals surface area contributed by atoms with Crippen LogP contribution in [0.15, 0.2) is 24.5 Å². The highest BCUT2D eigenvalue weighted by Crippen LogP contribution is 2.19. The van der Waals surface area contributed by atoms with Crippen LogP contribution >= 0.6 is 0 Å². The van der Waals surface area contributed by atoms with Gasteiger partial charge in [0.1, 0.15) is 12.1 Å². The largest absolute Gasteiger partial charge is 0.440 e. The van der Waals surface area contributed by atoms with E-state index in [1.54, 1.807) is 0 Å². The minimum atomic E-state index is -4.66. The van der Waals surface area contributed by atoms with E-state index in [2.05, 4.69) is 20.3 Å². The Bertz CT molecular complexity index is 629. The molecule has 0 radical (unpaired) electrons. The molecule has 0 atom stereocenters. The number of carbonyl (C=O) groups excluding carboxylic acids is 1. The maximum atomic E-state index is 13.5. The fourth-order valence-electron chi connectivity index (χ4n) is 1.32. The summed E-state index contributed by atoms with van der Waals surface area (Å²) in [5.74, 6) is -0.851. The third-order valence-corrected chi connectivity index (χ3v) is 2.17. The van der Waals surface area contributed by atoms with Crippen LogP contribution in [0.3, 0.4) is 0 Å². The molecule has 1 aromatic carbocycles. The topological polar surface area (TPSA) is 81.9 Å². The number of anilines is 1. The van der Waals surface area contributed by atoms with Crippen molar-refractivity contribution in [3.05, 3.63) is 30.3 Å². The average Bonchev–Trinajstić information content (AvgIpc) is 2.92. The van der Waals surface area contributed by atoms with Crippen LogP contribution in [-0.4, -0.2) is 39.1 Å². The van der Waals surface area contributed by atoms with Crippen molar-refractivity contribution in [1.29, 1.82) is 0 Å². The second kappa shape index (κ2) is 5.73. The SMILES string of the molecule is O=C(Nc1cc(-n2cnnn2)ccc1F)OCC(F)(F)F. The highest BCUT2D eigenvalue weighted by Gasteiger charge is 2.29. The van der Waals surface area contributed by atoms with E-state index in [1.165, 1.54) is 17.1 Å². The van der Waals surface area contributed by atoms with Crippen LogP contribution in [0.2, 0.25) is 0 Å². The number of halogens is 4. The fraction of sp³-hybridized carbons (Fsp3) is 0.200. The van der Waals surface area contributed by atoms with Gasteiger partial charge in [0.05, 0.1) is 11.4 Å². The maximum Gasteiger partial charge on any atom is 0.422 e. The van der Waals surface area contributed by atoms with Crippen LogP contribution in [0.4, 0.5) is 28.0 Å². The Morgan fingerprint density at radius 3 is 2.76 bits per heavy atom. The van der Waals surface area contributed by atoms with Crippen molar-refractivity contribution in [2.45, 2.75) is 6.18 Å². The van der Waals surface area contributed by atoms with Gasteiger partial charge < -0.3 is 4.74 Å². The Labute approximate surface area is 114 Å². The lowest BCUT2D eigenvalue weighted by atomic mass is 10.2. The van der Waals surface area contributed by atoms with E-state index < -0.39 is 24.7 Å². The van der Waals surface area contributed by atoms with Gasteiger partial charge in [-0.25, -0.2) is 13.9 Å². The Hall–Kier alpha value is -2.72. The predicted molar refractivity (Wildman–Crippen MR) is 60.1 cm³/mol. The average molecular weight is 305 g/mol. The van der Waals surface area contributed by atoms with Gasteiger partial charge in [-0.15, -0.1) is 5.10 Å². The molecule has 0 aliphatic carbocycles. The molecule has 0 spiro atoms. The molecule has 2 aromatic rings. The summed E-state index contributed by atoms with van der Waals surface area (Å²) in [7, 11) is 0. The number of carbonyl (C=O) groups is 1. The van der Waals surface area contributed by atoms with Crippen molar-refractivity contribution in [2.75, 3.05) is 11.9 Å². The van der Waals surface area contributed by atoms with Gasteiger partial charge in [-0.2, -0.15) is 13.2 Å². The number of aromatic nitrogens is 4. The first-order valence-electron chi connectivity index (χ1n) is 5.38. The molecule has 1 amide bonds. The van der Waals surface area contributed by atoms with Crippen molar-refractivity contribution in [1.82, 2.24) is 20.2 Å². The van der Waals surface area contributed by atoms with E-state index in [-0.39, 0.29) is 5.69 Å². The van der Waals surface area contributed by atoms with Crippen LogP contribution in [0.5, 0.6) is 0 Å². The molecule has 7 nitrogen and oxygen atoms in total. The molecule has 0 fully saturated rings. The Kier molecular flexibility index (Phi) is 4.00. The number of benzene rings is 1. The van der Waals surface area contributed by atoms with E-state index in [4.69, 9.17) is 0 Å². The minimum Gasteiger partial charge on any atom is -0.440 e. The van der Waals surface area contributed by atoms with Crippen LogP contribution in [0.1, 0.15) is 0 Å². The molecule has 0 aliphatic rings. The molecule has 1 N–H and O–H groups in total. The zero-order chi connectivity index (χ0) is 15.5. The number of amides is 1. The number of nitrogens with one attached hydrogen (secondary N) is 1. The zero-order valence-corrected chi connectivity index (χ0v) is 10.1. The number of ether oxygens (including phenoxy) is 1. The van der Waals surface area contributed by atoms with Crippen LogP contribution in [0, 0.1) is 5.82 Å². The molecule has 1 heterocycles. The van der Waals surface area contributed by atoms with Crippen molar-refractivity contribution in [3.63, 3.8) is 0 Å². The van der Waals surface area contributed by atoms with Crippen LogP contribution < -0.4 is 5.32 Å². The van der Waals surface area contributed by atoms with Crippen LogP contribution in [-0.2, 0) is 4.74 Å². The van der Waals surface area contributed by atoms with E-state index >= 15 is 0 Å². The monoisotopic (exact) mass is 305 g/mol. The van der Waals surface area contributed by atoms with Gasteiger partial charge in [0, 0.05) is 0 Å². The van der Waals surface area contributed by atoms with Crippen LogP contribution in [0.25, 0.3) is 5.69 Å². The van der Waals surface area contributed by atoms with E-state index in [1.807, 2.05) is 5.32 Å². The smallest absolute Gasteiger partial charge is 0.422 e. The first-order chi connectivity index (χ1) is 9.85. The number of hydrogen-bond acceptors (Lipinski definition) is 5. The molecule has 11 heteroatoms. The van der Waals surface area contributed by atoms with Crippen molar-refractivity contribution >= 4 is 11.8 Å². The highest BCUT2D eigenvalue weighted by atomic mass is 19.4. The normalized spacial score (nSPS) is 11.2. The highest BCUT2D eigenvalue weighted by molar-refractivity contribution is 5.85. The van der Waals surface area contributed by atoms with Gasteiger partial charge in [0.25, 0.3) is 0 Å². The number of rotatable bonds is 3. The number of tetrazole rings is 1. The summed E-state index contributed by atoms with van der Waals surface area (Å²) < 4.78 is 54.2. The summed E-state index contributed by atoms with van der Waals surface area (Å²) in [6, 6.07) is 3.45. The lowest BCUT2D eigenvalue weighted by molar-refractivity contribution is -0.159. The molecular formula is C10H7F4N5O2. The summed E-state index contributed by atoms with van der Waals surface area (Å²) in [5, 5.41) is 12.2. The number of hydrogen-bond donors (Lipinski definition) is 1. The first kappa shape index (κ1) is 14.7. The summed E-state index contributed by atoms with van der Waals surface area (Å²) in [6.45, 7) is -1.77. The Balaban J connectivity index is 2.09. The van der Waals surface area contributed by atoms with Gasteiger partial charge in [-0.3, -0.25) is 5.32 Å². The minimum absolute atomic E-state index is 0.299. The molecule has 0 saturated heterocycles. The number of alkyl halides is 3. The van der Waals surface area contributed by atoms with Crippen molar-refractivity contribution in [3.8, 4) is 5.69 Å². The molecule has 1 aromatic heterocycles. The molecular weight excluding hydrogens is 298 g/mol. The summed E-state index contributed by atoms with van der Waals surface area (Å²) >= 11 is 0. The lowest BCUT2D eigenvalue weighted by Crippen LogP contribution is -2.23. The summed E-state index contributed by atoms with van der Waals surface area (Å²) in [4.78, 5) is 11.2. The van der Waals surface area contributed by atoms with Crippen molar-refractivity contribution in [2.24, 2.45) is 0 Å². The summed E-state index contributed by atoms with van der Waals surface area (Å²) in [6.07, 6.45) is -4.87. The van der Waals surface area contributed by atoms with Gasteiger partial charge in [-0.1, -0.05) is 0 Å². The maximum absolute atomic E-state index is 13.5. The fourth-order valence-corrected chi connectivity index (χ4v) is 1.32. The third-order valence-electron chi connectivity index (χ3n) is 2.17. The molecule has 0 bridgehead atoms. The lowest BCUT2D eigenvalue weighted by Gasteiger charge is -2.10. The van der Waals surface area contributed by atoms with E-state index in [0.717, 1.165) is 12.1 Å². The molecule has 0 saturated carbocycles. The van der Waals surface area contributed by atoms with Gasteiger partial charge in [0.15, 0.2) is 6.61 Å². The molecule has 0 unspecified atom stereocenters. The predicted octanol–water partition coefficient (Wildman–Crippen LogP) is 1.91. The van der Waals surface area contributed by atoms with E-state index in [0.29, 0.717) is 5.69 Å². The zero-order valence-electron chi connectivity index (χ0n) is 10.1. The second-order valence-corrected chi connectivity index (χ2v) is 3.73.